The van der Waals surface area contributed by atoms with Crippen molar-refractivity contribution in [1.82, 2.24) is 10.2 Å². The fraction of sp³-hybridized carbons (Fsp3) is 0.100. The van der Waals surface area contributed by atoms with E-state index in [2.05, 4.69) is 26.1 Å². The maximum Gasteiger partial charge on any atom is 0.179 e. The van der Waals surface area contributed by atoms with E-state index in [1.165, 1.54) is 23.1 Å². The van der Waals surface area contributed by atoms with Crippen LogP contribution in [0.2, 0.25) is 0 Å². The van der Waals surface area contributed by atoms with E-state index >= 15 is 0 Å². The predicted octanol–water partition coefficient (Wildman–Crippen LogP) is 3.57. The number of aromatic nitrogens is 2. The molecule has 6 heteroatoms. The van der Waals surface area contributed by atoms with E-state index in [0.717, 1.165) is 25.0 Å². The Balaban J connectivity index is 2.32. The normalized spacial score (nSPS) is 10.4. The van der Waals surface area contributed by atoms with Gasteiger partial charge in [0.2, 0.25) is 0 Å². The van der Waals surface area contributed by atoms with Crippen molar-refractivity contribution in [1.29, 1.82) is 0 Å². The van der Waals surface area contributed by atoms with Crippen molar-refractivity contribution in [2.24, 2.45) is 0 Å². The molecule has 0 atom stereocenters. The molecule has 16 heavy (non-hydrogen) atoms. The van der Waals surface area contributed by atoms with Crippen molar-refractivity contribution in [3.63, 3.8) is 0 Å². The molecule has 0 saturated carbocycles. The summed E-state index contributed by atoms with van der Waals surface area (Å²) >= 11 is 6.36. The minimum Gasteiger partial charge on any atom is -0.298 e. The number of carbonyl (C=O) groups is 1. The summed E-state index contributed by atoms with van der Waals surface area (Å²) in [6, 6.07) is 5.54. The fourth-order valence-electron chi connectivity index (χ4n) is 1.11. The maximum absolute atomic E-state index is 10.9. The number of hydrogen-bond acceptors (Lipinski definition) is 5. The van der Waals surface area contributed by atoms with E-state index in [4.69, 9.17) is 0 Å². The lowest BCUT2D eigenvalue weighted by Gasteiger charge is -2.01. The summed E-state index contributed by atoms with van der Waals surface area (Å²) < 4.78 is 1.79. The van der Waals surface area contributed by atoms with Gasteiger partial charge in [0.25, 0.3) is 0 Å². The average Bonchev–Trinajstić information content (AvgIpc) is 2.64. The van der Waals surface area contributed by atoms with Gasteiger partial charge in [0.05, 0.1) is 0 Å². The van der Waals surface area contributed by atoms with E-state index in [1.54, 1.807) is 6.07 Å². The zero-order chi connectivity index (χ0) is 11.5. The number of carbonyl (C=O) groups excluding carboxylic acids is 1. The van der Waals surface area contributed by atoms with Crippen LogP contribution in [0.15, 0.2) is 31.9 Å². The zero-order valence-corrected chi connectivity index (χ0v) is 11.5. The molecule has 2 aromatic rings. The predicted molar refractivity (Wildman–Crippen MR) is 68.3 cm³/mol. The lowest BCUT2D eigenvalue weighted by molar-refractivity contribution is 0.112. The molecule has 0 amide bonds. The van der Waals surface area contributed by atoms with Crippen molar-refractivity contribution in [2.75, 3.05) is 0 Å². The first-order chi connectivity index (χ1) is 7.69. The Kier molecular flexibility index (Phi) is 3.73. The molecule has 0 bridgehead atoms. The third kappa shape index (κ3) is 2.69. The smallest absolute Gasteiger partial charge is 0.179 e. The van der Waals surface area contributed by atoms with Gasteiger partial charge in [0.15, 0.2) is 10.6 Å². The van der Waals surface area contributed by atoms with Crippen LogP contribution in [0.3, 0.4) is 0 Å². The van der Waals surface area contributed by atoms with Crippen LogP contribution >= 0.6 is 39.0 Å². The SMILES string of the molecule is Cc1nnc(Sc2cc(Br)ccc2C=O)s1. The molecule has 2 rings (SSSR count). The molecule has 0 unspecified atom stereocenters. The summed E-state index contributed by atoms with van der Waals surface area (Å²) in [7, 11) is 0. The van der Waals surface area contributed by atoms with Crippen LogP contribution < -0.4 is 0 Å². The molecular formula is C10H7BrN2OS2. The van der Waals surface area contributed by atoms with Gasteiger partial charge in [-0.15, -0.1) is 10.2 Å². The van der Waals surface area contributed by atoms with Gasteiger partial charge in [-0.05, 0) is 25.1 Å². The highest BCUT2D eigenvalue weighted by Gasteiger charge is 2.08. The third-order valence-corrected chi connectivity index (χ3v) is 4.26. The molecule has 1 aromatic heterocycles. The van der Waals surface area contributed by atoms with Crippen LogP contribution in [0, 0.1) is 6.92 Å². The Bertz CT molecular complexity index is 527. The second kappa shape index (κ2) is 5.07. The van der Waals surface area contributed by atoms with Gasteiger partial charge in [-0.1, -0.05) is 39.0 Å². The van der Waals surface area contributed by atoms with E-state index in [0.29, 0.717) is 5.56 Å². The number of halogens is 1. The molecule has 82 valence electrons. The van der Waals surface area contributed by atoms with Gasteiger partial charge in [0.1, 0.15) is 5.01 Å². The Morgan fingerprint density at radius 2 is 2.25 bits per heavy atom. The summed E-state index contributed by atoms with van der Waals surface area (Å²) in [6.45, 7) is 1.91. The van der Waals surface area contributed by atoms with E-state index in [9.17, 15) is 4.79 Å². The van der Waals surface area contributed by atoms with Gasteiger partial charge in [-0.3, -0.25) is 4.79 Å². The number of aldehydes is 1. The second-order valence-electron chi connectivity index (χ2n) is 2.99. The van der Waals surface area contributed by atoms with Crippen LogP contribution in [-0.2, 0) is 0 Å². The third-order valence-electron chi connectivity index (χ3n) is 1.81. The zero-order valence-electron chi connectivity index (χ0n) is 8.31. The van der Waals surface area contributed by atoms with Crippen molar-refractivity contribution >= 4 is 45.3 Å². The van der Waals surface area contributed by atoms with Crippen LogP contribution in [0.4, 0.5) is 0 Å². The minimum absolute atomic E-state index is 0.668. The lowest BCUT2D eigenvalue weighted by atomic mass is 10.2. The average molecular weight is 315 g/mol. The molecule has 0 aliphatic carbocycles. The fourth-order valence-corrected chi connectivity index (χ4v) is 3.52. The molecule has 0 radical (unpaired) electrons. The molecular weight excluding hydrogens is 308 g/mol. The Hall–Kier alpha value is -0.720. The summed E-state index contributed by atoms with van der Waals surface area (Å²) in [6.07, 6.45) is 0.850. The number of benzene rings is 1. The van der Waals surface area contributed by atoms with Crippen LogP contribution in [-0.4, -0.2) is 16.5 Å². The van der Waals surface area contributed by atoms with Gasteiger partial charge < -0.3 is 0 Å². The van der Waals surface area contributed by atoms with Gasteiger partial charge in [-0.2, -0.15) is 0 Å². The molecule has 0 saturated heterocycles. The first kappa shape index (κ1) is 11.8. The lowest BCUT2D eigenvalue weighted by Crippen LogP contribution is -1.84. The summed E-state index contributed by atoms with van der Waals surface area (Å²) in [5, 5.41) is 8.88. The van der Waals surface area contributed by atoms with Crippen LogP contribution in [0.1, 0.15) is 15.4 Å². The van der Waals surface area contributed by atoms with Gasteiger partial charge in [-0.25, -0.2) is 0 Å². The summed E-state index contributed by atoms with van der Waals surface area (Å²) in [5.41, 5.74) is 0.668. The Morgan fingerprint density at radius 1 is 1.44 bits per heavy atom. The van der Waals surface area contributed by atoms with Crippen molar-refractivity contribution in [2.45, 2.75) is 16.2 Å². The minimum atomic E-state index is 0.668. The Morgan fingerprint density at radius 3 is 2.88 bits per heavy atom. The maximum atomic E-state index is 10.9. The molecule has 0 spiro atoms. The number of hydrogen-bond donors (Lipinski definition) is 0. The quantitative estimate of drug-likeness (QED) is 0.812. The van der Waals surface area contributed by atoms with E-state index < -0.39 is 0 Å². The van der Waals surface area contributed by atoms with Crippen molar-refractivity contribution < 1.29 is 4.79 Å². The topological polar surface area (TPSA) is 42.9 Å². The van der Waals surface area contributed by atoms with Gasteiger partial charge >= 0.3 is 0 Å². The molecule has 0 N–H and O–H groups in total. The molecule has 1 aromatic carbocycles. The highest BCUT2D eigenvalue weighted by Crippen LogP contribution is 2.33. The number of rotatable bonds is 3. The van der Waals surface area contributed by atoms with E-state index in [1.807, 2.05) is 19.1 Å². The summed E-state index contributed by atoms with van der Waals surface area (Å²) in [4.78, 5) is 11.8. The van der Waals surface area contributed by atoms with Crippen molar-refractivity contribution in [3.05, 3.63) is 33.2 Å². The van der Waals surface area contributed by atoms with E-state index in [-0.39, 0.29) is 0 Å². The number of nitrogens with zero attached hydrogens (tertiary/aromatic N) is 2. The van der Waals surface area contributed by atoms with Crippen molar-refractivity contribution in [3.8, 4) is 0 Å². The highest BCUT2D eigenvalue weighted by molar-refractivity contribution is 9.10. The van der Waals surface area contributed by atoms with Crippen LogP contribution in [0.25, 0.3) is 0 Å². The largest absolute Gasteiger partial charge is 0.298 e. The first-order valence-corrected chi connectivity index (χ1v) is 6.84. The molecule has 0 aliphatic rings. The monoisotopic (exact) mass is 314 g/mol. The van der Waals surface area contributed by atoms with Crippen LogP contribution in [0.5, 0.6) is 0 Å². The molecule has 0 fully saturated rings. The molecule has 3 nitrogen and oxygen atoms in total. The molecule has 0 aliphatic heterocycles. The first-order valence-electron chi connectivity index (χ1n) is 4.42. The number of aryl methyl sites for hydroxylation is 1. The molecule has 1 heterocycles. The highest BCUT2D eigenvalue weighted by atomic mass is 79.9. The second-order valence-corrected chi connectivity index (χ2v) is 6.38. The Labute approximate surface area is 109 Å². The summed E-state index contributed by atoms with van der Waals surface area (Å²) in [5.74, 6) is 0. The standard InChI is InChI=1S/C10H7BrN2OS2/c1-6-12-13-10(15-6)16-9-4-8(11)3-2-7(9)5-14/h2-5H,1H3. The van der Waals surface area contributed by atoms with Gasteiger partial charge in [0, 0.05) is 14.9 Å².